The summed E-state index contributed by atoms with van der Waals surface area (Å²) in [5, 5.41) is 0.347. The SMILES string of the molecule is CCc1nc(Cl)c(C)c(Oc2ccc(Br)c(F)c2)n1. The number of hydrogen-bond acceptors (Lipinski definition) is 3. The van der Waals surface area contributed by atoms with Gasteiger partial charge in [0.2, 0.25) is 5.88 Å². The summed E-state index contributed by atoms with van der Waals surface area (Å²) in [7, 11) is 0. The van der Waals surface area contributed by atoms with E-state index in [-0.39, 0.29) is 0 Å². The van der Waals surface area contributed by atoms with Crippen LogP contribution < -0.4 is 4.74 Å². The molecule has 0 saturated carbocycles. The first-order valence-electron chi connectivity index (χ1n) is 5.67. The molecule has 3 nitrogen and oxygen atoms in total. The van der Waals surface area contributed by atoms with Gasteiger partial charge < -0.3 is 4.74 Å². The van der Waals surface area contributed by atoms with Crippen molar-refractivity contribution in [2.75, 3.05) is 0 Å². The maximum absolute atomic E-state index is 13.4. The molecule has 0 saturated heterocycles. The molecule has 1 heterocycles. The second kappa shape index (κ2) is 5.84. The van der Waals surface area contributed by atoms with Crippen LogP contribution in [0.3, 0.4) is 0 Å². The molecule has 6 heteroatoms. The maximum Gasteiger partial charge on any atom is 0.226 e. The highest BCUT2D eigenvalue weighted by Gasteiger charge is 2.11. The summed E-state index contributed by atoms with van der Waals surface area (Å²) >= 11 is 9.09. The molecule has 2 aromatic rings. The largest absolute Gasteiger partial charge is 0.438 e. The predicted molar refractivity (Wildman–Crippen MR) is 75.3 cm³/mol. The Bertz CT molecular complexity index is 622. The Kier molecular flexibility index (Phi) is 4.37. The second-order valence-electron chi connectivity index (χ2n) is 3.89. The van der Waals surface area contributed by atoms with Crippen molar-refractivity contribution in [3.8, 4) is 11.6 Å². The van der Waals surface area contributed by atoms with Crippen LogP contribution in [0.25, 0.3) is 0 Å². The van der Waals surface area contributed by atoms with E-state index in [2.05, 4.69) is 25.9 Å². The average molecular weight is 346 g/mol. The summed E-state index contributed by atoms with van der Waals surface area (Å²) in [6.07, 6.45) is 0.644. The standard InChI is InChI=1S/C13H11BrClFN2O/c1-3-11-17-12(15)7(2)13(18-11)19-8-4-5-9(14)10(16)6-8/h4-6H,3H2,1-2H3. The Morgan fingerprint density at radius 3 is 2.74 bits per heavy atom. The van der Waals surface area contributed by atoms with Crippen molar-refractivity contribution in [3.63, 3.8) is 0 Å². The van der Waals surface area contributed by atoms with E-state index in [0.717, 1.165) is 0 Å². The molecule has 0 aliphatic heterocycles. The van der Waals surface area contributed by atoms with E-state index < -0.39 is 5.82 Å². The van der Waals surface area contributed by atoms with Gasteiger partial charge in [-0.05, 0) is 35.0 Å². The van der Waals surface area contributed by atoms with Gasteiger partial charge >= 0.3 is 0 Å². The maximum atomic E-state index is 13.4. The van der Waals surface area contributed by atoms with E-state index in [1.54, 1.807) is 19.1 Å². The monoisotopic (exact) mass is 344 g/mol. The molecule has 2 rings (SSSR count). The average Bonchev–Trinajstić information content (AvgIpc) is 2.39. The Morgan fingerprint density at radius 2 is 2.11 bits per heavy atom. The minimum Gasteiger partial charge on any atom is -0.438 e. The van der Waals surface area contributed by atoms with Crippen LogP contribution in [-0.2, 0) is 6.42 Å². The number of nitrogens with zero attached hydrogens (tertiary/aromatic N) is 2. The summed E-state index contributed by atoms with van der Waals surface area (Å²) in [6.45, 7) is 3.68. The summed E-state index contributed by atoms with van der Waals surface area (Å²) in [6, 6.07) is 4.50. The molecule has 0 unspecified atom stereocenters. The van der Waals surface area contributed by atoms with Crippen LogP contribution in [-0.4, -0.2) is 9.97 Å². The zero-order chi connectivity index (χ0) is 14.0. The second-order valence-corrected chi connectivity index (χ2v) is 5.10. The van der Waals surface area contributed by atoms with E-state index in [4.69, 9.17) is 16.3 Å². The topological polar surface area (TPSA) is 35.0 Å². The number of hydrogen-bond donors (Lipinski definition) is 0. The van der Waals surface area contributed by atoms with Gasteiger partial charge in [0.05, 0.1) is 4.47 Å². The molecule has 0 amide bonds. The van der Waals surface area contributed by atoms with E-state index >= 15 is 0 Å². The first kappa shape index (κ1) is 14.2. The van der Waals surface area contributed by atoms with Gasteiger partial charge in [-0.15, -0.1) is 0 Å². The molecule has 1 aromatic heterocycles. The number of rotatable bonds is 3. The van der Waals surface area contributed by atoms with Crippen LogP contribution >= 0.6 is 27.5 Å². The molecule has 100 valence electrons. The Morgan fingerprint density at radius 1 is 1.37 bits per heavy atom. The molecular weight excluding hydrogens is 335 g/mol. The van der Waals surface area contributed by atoms with Crippen LogP contribution in [0.1, 0.15) is 18.3 Å². The van der Waals surface area contributed by atoms with Crippen molar-refractivity contribution in [1.82, 2.24) is 9.97 Å². The minimum atomic E-state index is -0.397. The molecular formula is C13H11BrClFN2O. The normalized spacial score (nSPS) is 10.6. The molecule has 19 heavy (non-hydrogen) atoms. The number of aromatic nitrogens is 2. The highest BCUT2D eigenvalue weighted by Crippen LogP contribution is 2.29. The van der Waals surface area contributed by atoms with Crippen LogP contribution in [0, 0.1) is 12.7 Å². The van der Waals surface area contributed by atoms with Gasteiger partial charge in [-0.1, -0.05) is 18.5 Å². The molecule has 0 spiro atoms. The number of aryl methyl sites for hydroxylation is 1. The Labute approximate surface area is 123 Å². The molecule has 0 aliphatic carbocycles. The molecule has 0 radical (unpaired) electrons. The van der Waals surface area contributed by atoms with Crippen molar-refractivity contribution in [2.24, 2.45) is 0 Å². The quantitative estimate of drug-likeness (QED) is 0.757. The van der Waals surface area contributed by atoms with Crippen molar-refractivity contribution >= 4 is 27.5 Å². The summed E-state index contributed by atoms with van der Waals surface area (Å²) in [4.78, 5) is 8.36. The zero-order valence-corrected chi connectivity index (χ0v) is 12.7. The highest BCUT2D eigenvalue weighted by molar-refractivity contribution is 9.10. The third-order valence-electron chi connectivity index (χ3n) is 2.51. The lowest BCUT2D eigenvalue weighted by molar-refractivity contribution is 0.450. The molecule has 1 aromatic carbocycles. The molecule has 0 bridgehead atoms. The lowest BCUT2D eigenvalue weighted by atomic mass is 10.3. The van der Waals surface area contributed by atoms with Crippen molar-refractivity contribution in [2.45, 2.75) is 20.3 Å². The van der Waals surface area contributed by atoms with Gasteiger partial charge in [0.1, 0.15) is 22.5 Å². The van der Waals surface area contributed by atoms with Gasteiger partial charge in [0, 0.05) is 18.1 Å². The molecule has 0 aliphatic rings. The molecule has 0 atom stereocenters. The van der Waals surface area contributed by atoms with Crippen LogP contribution in [0.15, 0.2) is 22.7 Å². The van der Waals surface area contributed by atoms with Crippen LogP contribution in [0.5, 0.6) is 11.6 Å². The number of ether oxygens (including phenoxy) is 1. The van der Waals surface area contributed by atoms with Gasteiger partial charge in [-0.3, -0.25) is 0 Å². The fourth-order valence-corrected chi connectivity index (χ4v) is 1.85. The minimum absolute atomic E-state index is 0.346. The van der Waals surface area contributed by atoms with Gasteiger partial charge in [0.25, 0.3) is 0 Å². The third kappa shape index (κ3) is 3.22. The van der Waals surface area contributed by atoms with Crippen LogP contribution in [0.4, 0.5) is 4.39 Å². The highest BCUT2D eigenvalue weighted by atomic mass is 79.9. The molecule has 0 fully saturated rings. The van der Waals surface area contributed by atoms with Crippen molar-refractivity contribution in [3.05, 3.63) is 45.0 Å². The fraction of sp³-hybridized carbons (Fsp3) is 0.231. The van der Waals surface area contributed by atoms with E-state index in [0.29, 0.717) is 39.1 Å². The van der Waals surface area contributed by atoms with Crippen molar-refractivity contribution in [1.29, 1.82) is 0 Å². The Balaban J connectivity index is 2.37. The lowest BCUT2D eigenvalue weighted by Gasteiger charge is -2.10. The summed E-state index contributed by atoms with van der Waals surface area (Å²) in [5.41, 5.74) is 0.627. The first-order valence-corrected chi connectivity index (χ1v) is 6.84. The van der Waals surface area contributed by atoms with E-state index in [1.807, 2.05) is 6.92 Å². The number of benzene rings is 1. The zero-order valence-electron chi connectivity index (χ0n) is 10.4. The van der Waals surface area contributed by atoms with Crippen LogP contribution in [0.2, 0.25) is 5.15 Å². The lowest BCUT2D eigenvalue weighted by Crippen LogP contribution is -2.00. The smallest absolute Gasteiger partial charge is 0.226 e. The fourth-order valence-electron chi connectivity index (χ4n) is 1.42. The van der Waals surface area contributed by atoms with E-state index in [9.17, 15) is 4.39 Å². The summed E-state index contributed by atoms with van der Waals surface area (Å²) in [5.74, 6) is 0.897. The number of halogens is 3. The van der Waals surface area contributed by atoms with E-state index in [1.165, 1.54) is 6.07 Å². The Hall–Kier alpha value is -1.20. The predicted octanol–water partition coefficient (Wildman–Crippen LogP) is 4.69. The third-order valence-corrected chi connectivity index (χ3v) is 3.52. The van der Waals surface area contributed by atoms with Gasteiger partial charge in [-0.2, -0.15) is 4.98 Å². The van der Waals surface area contributed by atoms with Gasteiger partial charge in [0.15, 0.2) is 0 Å². The van der Waals surface area contributed by atoms with Crippen molar-refractivity contribution < 1.29 is 9.13 Å². The molecule has 0 N–H and O–H groups in total. The van der Waals surface area contributed by atoms with Gasteiger partial charge in [-0.25, -0.2) is 9.37 Å². The first-order chi connectivity index (χ1) is 9.01. The summed E-state index contributed by atoms with van der Waals surface area (Å²) < 4.78 is 19.4.